The van der Waals surface area contributed by atoms with Crippen LogP contribution in [0.5, 0.6) is 0 Å². The second-order valence-electron chi connectivity index (χ2n) is 7.56. The van der Waals surface area contributed by atoms with E-state index in [-0.39, 0.29) is 5.41 Å². The fourth-order valence-electron chi connectivity index (χ4n) is 4.25. The van der Waals surface area contributed by atoms with Crippen molar-refractivity contribution in [1.82, 2.24) is 0 Å². The summed E-state index contributed by atoms with van der Waals surface area (Å²) < 4.78 is 0. The van der Waals surface area contributed by atoms with Crippen LogP contribution in [0.2, 0.25) is 0 Å². The Hall–Kier alpha value is -0.510. The molecular weight excluding hydrogens is 230 g/mol. The smallest absolute Gasteiger partial charge is 0.0689 e. The summed E-state index contributed by atoms with van der Waals surface area (Å²) in [5.41, 5.74) is 0.0371. The molecule has 0 heterocycles. The van der Waals surface area contributed by atoms with Crippen molar-refractivity contribution in [1.29, 1.82) is 5.26 Å². The number of rotatable bonds is 4. The largest absolute Gasteiger partial charge is 0.198 e. The molecule has 0 unspecified atom stereocenters. The van der Waals surface area contributed by atoms with Crippen molar-refractivity contribution < 1.29 is 0 Å². The minimum atomic E-state index is 0.0371. The van der Waals surface area contributed by atoms with Crippen LogP contribution in [0.1, 0.15) is 84.5 Å². The van der Waals surface area contributed by atoms with E-state index in [1.807, 2.05) is 0 Å². The van der Waals surface area contributed by atoms with E-state index in [0.29, 0.717) is 0 Å². The first-order valence-corrected chi connectivity index (χ1v) is 8.56. The molecule has 2 saturated carbocycles. The molecule has 0 bridgehead atoms. The Morgan fingerprint density at radius 1 is 1.00 bits per heavy atom. The zero-order valence-electron chi connectivity index (χ0n) is 13.0. The molecule has 2 rings (SSSR count). The molecule has 19 heavy (non-hydrogen) atoms. The van der Waals surface area contributed by atoms with Crippen LogP contribution in [-0.4, -0.2) is 0 Å². The molecule has 1 heteroatoms. The van der Waals surface area contributed by atoms with Crippen LogP contribution in [0.3, 0.4) is 0 Å². The zero-order valence-corrected chi connectivity index (χ0v) is 13.0. The van der Waals surface area contributed by atoms with Gasteiger partial charge in [0.1, 0.15) is 0 Å². The maximum absolute atomic E-state index is 9.60. The lowest BCUT2D eigenvalue weighted by molar-refractivity contribution is 0.127. The lowest BCUT2D eigenvalue weighted by Gasteiger charge is -2.39. The van der Waals surface area contributed by atoms with Crippen LogP contribution in [0, 0.1) is 34.5 Å². The average molecular weight is 261 g/mol. The number of nitriles is 1. The number of hydrogen-bond acceptors (Lipinski definition) is 1. The maximum atomic E-state index is 9.60. The van der Waals surface area contributed by atoms with Crippen molar-refractivity contribution in [3.8, 4) is 6.07 Å². The van der Waals surface area contributed by atoms with E-state index in [9.17, 15) is 5.26 Å². The molecule has 0 saturated heterocycles. The van der Waals surface area contributed by atoms with Crippen LogP contribution in [0.4, 0.5) is 0 Å². The molecule has 0 aliphatic heterocycles. The lowest BCUT2D eigenvalue weighted by atomic mass is 9.64. The van der Waals surface area contributed by atoms with Crippen molar-refractivity contribution in [3.63, 3.8) is 0 Å². The van der Waals surface area contributed by atoms with Gasteiger partial charge in [0, 0.05) is 0 Å². The van der Waals surface area contributed by atoms with Gasteiger partial charge in [-0.2, -0.15) is 5.26 Å². The summed E-state index contributed by atoms with van der Waals surface area (Å²) in [4.78, 5) is 0. The van der Waals surface area contributed by atoms with Crippen molar-refractivity contribution >= 4 is 0 Å². The predicted octanol–water partition coefficient (Wildman–Crippen LogP) is 5.70. The van der Waals surface area contributed by atoms with Crippen LogP contribution in [0.15, 0.2) is 0 Å². The third kappa shape index (κ3) is 3.98. The zero-order chi connectivity index (χ0) is 13.7. The van der Waals surface area contributed by atoms with Gasteiger partial charge in [-0.3, -0.25) is 0 Å². The Bertz CT molecular complexity index is 298. The van der Waals surface area contributed by atoms with E-state index in [0.717, 1.165) is 24.2 Å². The first-order valence-electron chi connectivity index (χ1n) is 8.56. The fraction of sp³-hybridized carbons (Fsp3) is 0.944. The molecule has 2 fully saturated rings. The highest BCUT2D eigenvalue weighted by molar-refractivity contribution is 5.02. The quantitative estimate of drug-likeness (QED) is 0.636. The summed E-state index contributed by atoms with van der Waals surface area (Å²) in [6.07, 6.45) is 14.7. The minimum absolute atomic E-state index is 0.0371. The van der Waals surface area contributed by atoms with Gasteiger partial charge in [0.15, 0.2) is 0 Å². The highest BCUT2D eigenvalue weighted by atomic mass is 14.4. The van der Waals surface area contributed by atoms with Gasteiger partial charge in [-0.25, -0.2) is 0 Å². The molecule has 0 aromatic rings. The Morgan fingerprint density at radius 2 is 1.58 bits per heavy atom. The third-order valence-corrected chi connectivity index (χ3v) is 5.74. The summed E-state index contributed by atoms with van der Waals surface area (Å²) in [5.74, 6) is 2.68. The molecule has 1 nitrogen and oxygen atoms in total. The van der Waals surface area contributed by atoms with E-state index in [1.54, 1.807) is 0 Å². The van der Waals surface area contributed by atoms with Gasteiger partial charge in [0.25, 0.3) is 0 Å². The Balaban J connectivity index is 1.84. The van der Waals surface area contributed by atoms with Gasteiger partial charge in [-0.1, -0.05) is 46.0 Å². The van der Waals surface area contributed by atoms with Crippen molar-refractivity contribution in [3.05, 3.63) is 0 Å². The van der Waals surface area contributed by atoms with Crippen LogP contribution in [-0.2, 0) is 0 Å². The molecule has 2 aliphatic carbocycles. The van der Waals surface area contributed by atoms with Crippen molar-refractivity contribution in [2.24, 2.45) is 23.2 Å². The van der Waals surface area contributed by atoms with Gasteiger partial charge in [0.05, 0.1) is 11.5 Å². The topological polar surface area (TPSA) is 23.8 Å². The second-order valence-corrected chi connectivity index (χ2v) is 7.56. The van der Waals surface area contributed by atoms with E-state index in [1.165, 1.54) is 64.2 Å². The van der Waals surface area contributed by atoms with Gasteiger partial charge in [0.2, 0.25) is 0 Å². The summed E-state index contributed by atoms with van der Waals surface area (Å²) in [6.45, 7) is 4.55. The Labute approximate surface area is 119 Å². The van der Waals surface area contributed by atoms with E-state index >= 15 is 0 Å². The molecule has 108 valence electrons. The predicted molar refractivity (Wildman–Crippen MR) is 80.7 cm³/mol. The third-order valence-electron chi connectivity index (χ3n) is 5.74. The van der Waals surface area contributed by atoms with Gasteiger partial charge in [-0.05, 0) is 56.3 Å². The normalized spacial score (nSPS) is 33.3. The molecule has 0 N–H and O–H groups in total. The highest BCUT2D eigenvalue weighted by Crippen LogP contribution is 2.47. The van der Waals surface area contributed by atoms with Gasteiger partial charge >= 0.3 is 0 Å². The Morgan fingerprint density at radius 3 is 2.11 bits per heavy atom. The minimum Gasteiger partial charge on any atom is -0.198 e. The van der Waals surface area contributed by atoms with Crippen molar-refractivity contribution in [2.45, 2.75) is 84.5 Å². The first-order chi connectivity index (χ1) is 9.15. The molecule has 0 spiro atoms. The molecule has 0 amide bonds. The van der Waals surface area contributed by atoms with Crippen LogP contribution >= 0.6 is 0 Å². The Kier molecular flexibility index (Phi) is 5.31. The maximum Gasteiger partial charge on any atom is 0.0689 e. The fourth-order valence-corrected chi connectivity index (χ4v) is 4.25. The molecule has 0 aromatic heterocycles. The summed E-state index contributed by atoms with van der Waals surface area (Å²) in [5, 5.41) is 9.60. The van der Waals surface area contributed by atoms with Crippen molar-refractivity contribution in [2.75, 3.05) is 0 Å². The standard InChI is InChI=1S/C18H31N/c1-15(2)8-11-18(14-19)12-9-17(10-13-18)16-6-4-3-5-7-16/h15-17H,3-13H2,1-2H3/t17-,18+. The second kappa shape index (κ2) is 6.78. The number of nitrogens with zero attached hydrogens (tertiary/aromatic N) is 1. The van der Waals surface area contributed by atoms with E-state index in [4.69, 9.17) is 0 Å². The summed E-state index contributed by atoms with van der Waals surface area (Å²) >= 11 is 0. The van der Waals surface area contributed by atoms with Crippen LogP contribution in [0.25, 0.3) is 0 Å². The van der Waals surface area contributed by atoms with Crippen LogP contribution < -0.4 is 0 Å². The number of hydrogen-bond donors (Lipinski definition) is 0. The SMILES string of the molecule is CC(C)CC[C@]1(C#N)CC[C@@H](C2CCCCC2)CC1. The van der Waals surface area contributed by atoms with E-state index in [2.05, 4.69) is 19.9 Å². The summed E-state index contributed by atoms with van der Waals surface area (Å²) in [7, 11) is 0. The van der Waals surface area contributed by atoms with Gasteiger partial charge < -0.3 is 0 Å². The van der Waals surface area contributed by atoms with E-state index < -0.39 is 0 Å². The summed E-state index contributed by atoms with van der Waals surface area (Å²) in [6, 6.07) is 2.70. The molecule has 0 atom stereocenters. The molecule has 2 aliphatic rings. The lowest BCUT2D eigenvalue weighted by Crippen LogP contribution is -2.30. The first kappa shape index (κ1) is 14.9. The monoisotopic (exact) mass is 261 g/mol. The molecule has 0 radical (unpaired) electrons. The van der Waals surface area contributed by atoms with Gasteiger partial charge in [-0.15, -0.1) is 0 Å². The molecular formula is C18H31N. The molecule has 0 aromatic carbocycles. The average Bonchev–Trinajstić information content (AvgIpc) is 2.47. The highest BCUT2D eigenvalue weighted by Gasteiger charge is 2.37.